The van der Waals surface area contributed by atoms with Gasteiger partial charge in [0, 0.05) is 44.2 Å². The van der Waals surface area contributed by atoms with E-state index in [-0.39, 0.29) is 24.9 Å². The number of nitrogens with zero attached hydrogens (tertiary/aromatic N) is 3. The number of hydrogen-bond acceptors (Lipinski definition) is 7. The number of urea groups is 1. The maximum absolute atomic E-state index is 14.9. The topological polar surface area (TPSA) is 85.4 Å². The Morgan fingerprint density at radius 2 is 1.77 bits per heavy atom. The van der Waals surface area contributed by atoms with Crippen molar-refractivity contribution >= 4 is 17.4 Å². The van der Waals surface area contributed by atoms with Crippen LogP contribution in [0, 0.1) is 12.7 Å². The number of benzene rings is 1. The number of carbonyl (C=O) groups excluding carboxylic acids is 1. The van der Waals surface area contributed by atoms with Gasteiger partial charge < -0.3 is 34.1 Å². The van der Waals surface area contributed by atoms with Crippen LogP contribution < -0.4 is 15.0 Å². The van der Waals surface area contributed by atoms with E-state index in [0.717, 1.165) is 23.4 Å². The molecule has 4 heterocycles. The number of carbonyl (C=O) groups is 1. The van der Waals surface area contributed by atoms with Gasteiger partial charge in [0.2, 0.25) is 5.88 Å². The molecule has 0 bridgehead atoms. The lowest BCUT2D eigenvalue weighted by atomic mass is 10.00. The Morgan fingerprint density at radius 3 is 2.50 bits per heavy atom. The van der Waals surface area contributed by atoms with Crippen molar-refractivity contribution in [2.75, 3.05) is 69.4 Å². The van der Waals surface area contributed by atoms with E-state index in [1.807, 2.05) is 6.07 Å². The second-order valence-corrected chi connectivity index (χ2v) is 10.0. The first-order valence-electron chi connectivity index (χ1n) is 13.3. The molecule has 2 aromatic rings. The number of alkyl halides is 3. The standard InChI is InChI=1S/C27H32F4N4O5/c1-17-12-21(28)22(33-26(36)35-6-11-39-24(16-35)27(29,30)31)14-20(17)18-13-23(34-4-9-38-10-5-34)25(32-15-18)40-19-2-7-37-8-3-19/h12-15,19,24H,2-11,16H2,1H3,(H,33,36). The number of halogens is 4. The Labute approximate surface area is 229 Å². The van der Waals surface area contributed by atoms with Gasteiger partial charge in [-0.2, -0.15) is 13.2 Å². The second kappa shape index (κ2) is 12.1. The zero-order chi connectivity index (χ0) is 28.3. The van der Waals surface area contributed by atoms with Crippen LogP contribution in [0.3, 0.4) is 0 Å². The molecule has 0 saturated carbocycles. The molecule has 3 aliphatic heterocycles. The normalized spacial score (nSPS) is 20.9. The van der Waals surface area contributed by atoms with Gasteiger partial charge in [-0.3, -0.25) is 0 Å². The maximum Gasteiger partial charge on any atom is 0.416 e. The molecule has 1 aromatic heterocycles. The molecule has 2 amide bonds. The fraction of sp³-hybridized carbons (Fsp3) is 0.556. The molecule has 1 atom stereocenters. The van der Waals surface area contributed by atoms with Crippen LogP contribution in [-0.2, 0) is 14.2 Å². The first kappa shape index (κ1) is 28.4. The number of ether oxygens (including phenoxy) is 4. The molecule has 1 N–H and O–H groups in total. The molecule has 5 rings (SSSR count). The molecule has 218 valence electrons. The fourth-order valence-electron chi connectivity index (χ4n) is 4.97. The van der Waals surface area contributed by atoms with E-state index in [0.29, 0.717) is 62.1 Å². The van der Waals surface area contributed by atoms with E-state index >= 15 is 0 Å². The molecule has 9 nitrogen and oxygen atoms in total. The summed E-state index contributed by atoms with van der Waals surface area (Å²) in [5, 5.41) is 2.44. The zero-order valence-electron chi connectivity index (χ0n) is 22.1. The molecule has 40 heavy (non-hydrogen) atoms. The van der Waals surface area contributed by atoms with Crippen molar-refractivity contribution in [2.24, 2.45) is 0 Å². The lowest BCUT2D eigenvalue weighted by Gasteiger charge is -2.33. The second-order valence-electron chi connectivity index (χ2n) is 10.0. The Balaban J connectivity index is 1.40. The van der Waals surface area contributed by atoms with E-state index in [9.17, 15) is 22.4 Å². The lowest BCUT2D eigenvalue weighted by molar-refractivity contribution is -0.233. The predicted molar refractivity (Wildman–Crippen MR) is 138 cm³/mol. The Bertz CT molecular complexity index is 1200. The van der Waals surface area contributed by atoms with Crippen molar-refractivity contribution in [1.82, 2.24) is 9.88 Å². The molecule has 1 unspecified atom stereocenters. The van der Waals surface area contributed by atoms with Gasteiger partial charge in [0.05, 0.1) is 45.3 Å². The highest BCUT2D eigenvalue weighted by atomic mass is 19.4. The van der Waals surface area contributed by atoms with Gasteiger partial charge in [-0.15, -0.1) is 0 Å². The number of aryl methyl sites for hydroxylation is 1. The number of hydrogen-bond donors (Lipinski definition) is 1. The van der Waals surface area contributed by atoms with Gasteiger partial charge in [0.25, 0.3) is 0 Å². The number of aromatic nitrogens is 1. The van der Waals surface area contributed by atoms with Crippen LogP contribution in [0.25, 0.3) is 11.1 Å². The van der Waals surface area contributed by atoms with E-state index in [1.165, 1.54) is 12.1 Å². The lowest BCUT2D eigenvalue weighted by Crippen LogP contribution is -2.52. The molecule has 3 aliphatic rings. The van der Waals surface area contributed by atoms with Gasteiger partial charge in [0.1, 0.15) is 17.6 Å². The number of rotatable bonds is 5. The summed E-state index contributed by atoms with van der Waals surface area (Å²) in [6, 6.07) is 3.85. The third-order valence-corrected chi connectivity index (χ3v) is 7.22. The molecule has 1 aromatic carbocycles. The Kier molecular flexibility index (Phi) is 8.62. The maximum atomic E-state index is 14.9. The highest BCUT2D eigenvalue weighted by molar-refractivity contribution is 5.91. The van der Waals surface area contributed by atoms with Crippen molar-refractivity contribution in [3.8, 4) is 17.0 Å². The van der Waals surface area contributed by atoms with Gasteiger partial charge in [0.15, 0.2) is 6.10 Å². The minimum atomic E-state index is -4.60. The van der Waals surface area contributed by atoms with Gasteiger partial charge in [-0.25, -0.2) is 14.2 Å². The number of nitrogens with one attached hydrogen (secondary N) is 1. The number of anilines is 2. The predicted octanol–water partition coefficient (Wildman–Crippen LogP) is 4.39. The average molecular weight is 569 g/mol. The fourth-order valence-corrected chi connectivity index (χ4v) is 4.97. The summed E-state index contributed by atoms with van der Waals surface area (Å²) in [5.74, 6) is -0.201. The summed E-state index contributed by atoms with van der Waals surface area (Å²) < 4.78 is 76.2. The molecule has 0 radical (unpaired) electrons. The SMILES string of the molecule is Cc1cc(F)c(NC(=O)N2CCOC(C(F)(F)F)C2)cc1-c1cnc(OC2CCOCC2)c(N2CCOCC2)c1. The first-order valence-corrected chi connectivity index (χ1v) is 13.3. The first-order chi connectivity index (χ1) is 19.2. The van der Waals surface area contributed by atoms with Crippen LogP contribution in [0.15, 0.2) is 24.4 Å². The summed E-state index contributed by atoms with van der Waals surface area (Å²) >= 11 is 0. The van der Waals surface area contributed by atoms with E-state index in [4.69, 9.17) is 18.9 Å². The van der Waals surface area contributed by atoms with E-state index in [2.05, 4.69) is 15.2 Å². The molecule has 13 heteroatoms. The minimum absolute atomic E-state index is 0.0154. The van der Waals surface area contributed by atoms with Crippen molar-refractivity contribution in [3.63, 3.8) is 0 Å². The largest absolute Gasteiger partial charge is 0.473 e. The van der Waals surface area contributed by atoms with Gasteiger partial charge in [-0.05, 0) is 36.2 Å². The van der Waals surface area contributed by atoms with Crippen LogP contribution >= 0.6 is 0 Å². The summed E-state index contributed by atoms with van der Waals surface area (Å²) in [6.07, 6.45) is -3.54. The Hall–Kier alpha value is -3.16. The summed E-state index contributed by atoms with van der Waals surface area (Å²) in [5.41, 5.74) is 2.54. The van der Waals surface area contributed by atoms with Crippen molar-refractivity contribution < 1.29 is 41.3 Å². The molecular formula is C27H32F4N4O5. The summed E-state index contributed by atoms with van der Waals surface area (Å²) in [7, 11) is 0. The molecular weight excluding hydrogens is 536 g/mol. The summed E-state index contributed by atoms with van der Waals surface area (Å²) in [4.78, 5) is 20.5. The van der Waals surface area contributed by atoms with Crippen LogP contribution in [0.2, 0.25) is 0 Å². The van der Waals surface area contributed by atoms with Crippen LogP contribution in [-0.4, -0.2) is 93.5 Å². The summed E-state index contributed by atoms with van der Waals surface area (Å²) in [6.45, 7) is 4.43. The molecule has 3 saturated heterocycles. The number of morpholine rings is 2. The zero-order valence-corrected chi connectivity index (χ0v) is 22.1. The highest BCUT2D eigenvalue weighted by Crippen LogP contribution is 2.36. The quantitative estimate of drug-likeness (QED) is 0.536. The van der Waals surface area contributed by atoms with Crippen molar-refractivity contribution in [2.45, 2.75) is 38.1 Å². The van der Waals surface area contributed by atoms with Gasteiger partial charge in [-0.1, -0.05) is 0 Å². The van der Waals surface area contributed by atoms with Crippen LogP contribution in [0.5, 0.6) is 5.88 Å². The Morgan fingerprint density at radius 1 is 1.05 bits per heavy atom. The third kappa shape index (κ3) is 6.58. The monoisotopic (exact) mass is 568 g/mol. The van der Waals surface area contributed by atoms with E-state index in [1.54, 1.807) is 13.1 Å². The smallest absolute Gasteiger partial charge is 0.416 e. The third-order valence-electron chi connectivity index (χ3n) is 7.22. The van der Waals surface area contributed by atoms with Crippen LogP contribution in [0.1, 0.15) is 18.4 Å². The van der Waals surface area contributed by atoms with Crippen LogP contribution in [0.4, 0.5) is 33.7 Å². The van der Waals surface area contributed by atoms with Gasteiger partial charge >= 0.3 is 12.2 Å². The molecule has 0 spiro atoms. The highest BCUT2D eigenvalue weighted by Gasteiger charge is 2.44. The van der Waals surface area contributed by atoms with Crippen molar-refractivity contribution in [1.29, 1.82) is 0 Å². The number of pyridine rings is 1. The molecule has 3 fully saturated rings. The van der Waals surface area contributed by atoms with E-state index < -0.39 is 30.7 Å². The minimum Gasteiger partial charge on any atom is -0.473 e. The average Bonchev–Trinajstić information content (AvgIpc) is 2.95. The number of amides is 2. The van der Waals surface area contributed by atoms with Crippen molar-refractivity contribution in [3.05, 3.63) is 35.8 Å². The molecule has 0 aliphatic carbocycles.